The number of aryl methyl sites for hydroxylation is 1. The maximum atomic E-state index is 13.5. The Labute approximate surface area is 206 Å². The van der Waals surface area contributed by atoms with Gasteiger partial charge in [-0.05, 0) is 87.0 Å². The van der Waals surface area contributed by atoms with Crippen LogP contribution >= 0.6 is 0 Å². The third-order valence-corrected chi connectivity index (χ3v) is 6.71. The van der Waals surface area contributed by atoms with E-state index in [1.54, 1.807) is 60.7 Å². The summed E-state index contributed by atoms with van der Waals surface area (Å²) >= 11 is 0. The van der Waals surface area contributed by atoms with Crippen LogP contribution in [0.1, 0.15) is 25.0 Å². The Morgan fingerprint density at radius 2 is 1.43 bits per heavy atom. The van der Waals surface area contributed by atoms with Gasteiger partial charge in [-0.15, -0.1) is 0 Å². The predicted octanol–water partition coefficient (Wildman–Crippen LogP) is 4.14. The SMILES string of the molecule is CCOc1ccc(/C=N\NC(=O)CN(c2ccc(C)cc2)S(=O)(=O)c2ccc(OCC)cc2)cc1. The minimum atomic E-state index is -4.03. The van der Waals surface area contributed by atoms with E-state index in [1.807, 2.05) is 20.8 Å². The fraction of sp³-hybridized carbons (Fsp3) is 0.231. The van der Waals surface area contributed by atoms with Crippen molar-refractivity contribution in [1.82, 2.24) is 5.43 Å². The maximum Gasteiger partial charge on any atom is 0.264 e. The highest BCUT2D eigenvalue weighted by Crippen LogP contribution is 2.25. The molecule has 0 aromatic heterocycles. The van der Waals surface area contributed by atoms with Gasteiger partial charge in [-0.1, -0.05) is 17.7 Å². The predicted molar refractivity (Wildman–Crippen MR) is 137 cm³/mol. The molecule has 0 aliphatic rings. The van der Waals surface area contributed by atoms with Crippen LogP contribution in [-0.2, 0) is 14.8 Å². The van der Waals surface area contributed by atoms with Gasteiger partial charge in [-0.25, -0.2) is 13.8 Å². The van der Waals surface area contributed by atoms with E-state index in [1.165, 1.54) is 18.3 Å². The Balaban J connectivity index is 1.78. The van der Waals surface area contributed by atoms with Gasteiger partial charge < -0.3 is 9.47 Å². The molecular formula is C26H29N3O5S. The van der Waals surface area contributed by atoms with Crippen LogP contribution in [0.5, 0.6) is 11.5 Å². The highest BCUT2D eigenvalue weighted by molar-refractivity contribution is 7.92. The number of carbonyl (C=O) groups excluding carboxylic acids is 1. The van der Waals surface area contributed by atoms with Gasteiger partial charge in [-0.2, -0.15) is 5.10 Å². The monoisotopic (exact) mass is 495 g/mol. The molecule has 0 saturated carbocycles. The molecule has 0 fully saturated rings. The van der Waals surface area contributed by atoms with Crippen molar-refractivity contribution >= 4 is 27.8 Å². The zero-order chi connectivity index (χ0) is 25.3. The first-order valence-electron chi connectivity index (χ1n) is 11.2. The molecule has 35 heavy (non-hydrogen) atoms. The molecule has 184 valence electrons. The Morgan fingerprint density at radius 3 is 1.97 bits per heavy atom. The molecule has 0 spiro atoms. The van der Waals surface area contributed by atoms with Crippen molar-refractivity contribution in [1.29, 1.82) is 0 Å². The summed E-state index contributed by atoms with van der Waals surface area (Å²) in [4.78, 5) is 12.7. The second-order valence-electron chi connectivity index (χ2n) is 7.55. The van der Waals surface area contributed by atoms with Crippen LogP contribution in [0.25, 0.3) is 0 Å². The van der Waals surface area contributed by atoms with E-state index in [0.29, 0.717) is 24.7 Å². The van der Waals surface area contributed by atoms with Crippen LogP contribution in [0.2, 0.25) is 0 Å². The number of hydrogen-bond donors (Lipinski definition) is 1. The van der Waals surface area contributed by atoms with Crippen molar-refractivity contribution in [3.8, 4) is 11.5 Å². The molecule has 9 heteroatoms. The summed E-state index contributed by atoms with van der Waals surface area (Å²) in [5.41, 5.74) is 4.50. The van der Waals surface area contributed by atoms with E-state index in [2.05, 4.69) is 10.5 Å². The highest BCUT2D eigenvalue weighted by Gasteiger charge is 2.27. The number of hydrogen-bond acceptors (Lipinski definition) is 6. The van der Waals surface area contributed by atoms with Gasteiger partial charge >= 0.3 is 0 Å². The molecule has 0 unspecified atom stereocenters. The van der Waals surface area contributed by atoms with E-state index in [0.717, 1.165) is 21.2 Å². The van der Waals surface area contributed by atoms with Crippen molar-refractivity contribution in [3.63, 3.8) is 0 Å². The first-order chi connectivity index (χ1) is 16.8. The Morgan fingerprint density at radius 1 is 0.886 bits per heavy atom. The summed E-state index contributed by atoms with van der Waals surface area (Å²) in [6.07, 6.45) is 1.48. The van der Waals surface area contributed by atoms with Crippen molar-refractivity contribution in [3.05, 3.63) is 83.9 Å². The maximum absolute atomic E-state index is 13.5. The lowest BCUT2D eigenvalue weighted by Crippen LogP contribution is -2.39. The summed E-state index contributed by atoms with van der Waals surface area (Å²) < 4.78 is 38.8. The lowest BCUT2D eigenvalue weighted by molar-refractivity contribution is -0.119. The zero-order valence-corrected chi connectivity index (χ0v) is 20.8. The summed E-state index contributed by atoms with van der Waals surface area (Å²) in [6.45, 7) is 6.25. The van der Waals surface area contributed by atoms with E-state index in [-0.39, 0.29) is 4.90 Å². The van der Waals surface area contributed by atoms with Gasteiger partial charge in [0.05, 0.1) is 30.0 Å². The number of ether oxygens (including phenoxy) is 2. The summed E-state index contributed by atoms with van der Waals surface area (Å²) in [5.74, 6) is 0.721. The lowest BCUT2D eigenvalue weighted by atomic mass is 10.2. The van der Waals surface area contributed by atoms with Crippen molar-refractivity contribution in [2.24, 2.45) is 5.10 Å². The largest absolute Gasteiger partial charge is 0.494 e. The number of rotatable bonds is 11. The smallest absolute Gasteiger partial charge is 0.264 e. The number of benzene rings is 3. The average Bonchev–Trinajstić information content (AvgIpc) is 2.85. The molecular weight excluding hydrogens is 466 g/mol. The zero-order valence-electron chi connectivity index (χ0n) is 20.0. The van der Waals surface area contributed by atoms with Gasteiger partial charge in [0, 0.05) is 0 Å². The number of carbonyl (C=O) groups is 1. The van der Waals surface area contributed by atoms with E-state index in [4.69, 9.17) is 9.47 Å². The third-order valence-electron chi connectivity index (χ3n) is 4.93. The van der Waals surface area contributed by atoms with Crippen LogP contribution in [0, 0.1) is 6.92 Å². The van der Waals surface area contributed by atoms with Gasteiger partial charge in [0.25, 0.3) is 15.9 Å². The number of anilines is 1. The molecule has 0 atom stereocenters. The first-order valence-corrected chi connectivity index (χ1v) is 12.6. The third kappa shape index (κ3) is 7.07. The molecule has 0 aliphatic carbocycles. The molecule has 0 aliphatic heterocycles. The van der Waals surface area contributed by atoms with E-state index in [9.17, 15) is 13.2 Å². The van der Waals surface area contributed by atoms with Crippen molar-refractivity contribution in [2.45, 2.75) is 25.7 Å². The fourth-order valence-corrected chi connectivity index (χ4v) is 4.61. The summed E-state index contributed by atoms with van der Waals surface area (Å²) in [7, 11) is -4.03. The lowest BCUT2D eigenvalue weighted by Gasteiger charge is -2.24. The Bertz CT molecular complexity index is 1240. The minimum absolute atomic E-state index is 0.0483. The molecule has 3 aromatic carbocycles. The van der Waals surface area contributed by atoms with Crippen LogP contribution in [0.3, 0.4) is 0 Å². The fourth-order valence-electron chi connectivity index (χ4n) is 3.19. The Hall–Kier alpha value is -3.85. The van der Waals surface area contributed by atoms with Gasteiger partial charge in [-0.3, -0.25) is 9.10 Å². The van der Waals surface area contributed by atoms with Crippen LogP contribution < -0.4 is 19.2 Å². The first kappa shape index (κ1) is 25.8. The molecule has 0 saturated heterocycles. The second-order valence-corrected chi connectivity index (χ2v) is 9.41. The molecule has 1 amide bonds. The quantitative estimate of drug-likeness (QED) is 0.319. The minimum Gasteiger partial charge on any atom is -0.494 e. The standard InChI is InChI=1S/C26H29N3O5S/c1-4-33-23-12-8-21(9-13-23)18-27-28-26(30)19-29(22-10-6-20(3)7-11-22)35(31,32)25-16-14-24(15-17-25)34-5-2/h6-18H,4-5,19H2,1-3H3,(H,28,30)/b27-18-. The van der Waals surface area contributed by atoms with Crippen molar-refractivity contribution < 1.29 is 22.7 Å². The van der Waals surface area contributed by atoms with Gasteiger partial charge in [0.2, 0.25) is 0 Å². The number of amides is 1. The Kier molecular flexibility index (Phi) is 8.86. The summed E-state index contributed by atoms with van der Waals surface area (Å²) in [5, 5.41) is 3.96. The van der Waals surface area contributed by atoms with Crippen LogP contribution in [-0.4, -0.2) is 40.3 Å². The topological polar surface area (TPSA) is 97.3 Å². The van der Waals surface area contributed by atoms with E-state index < -0.39 is 22.5 Å². The molecule has 8 nitrogen and oxygen atoms in total. The molecule has 0 bridgehead atoms. The molecule has 3 rings (SSSR count). The van der Waals surface area contributed by atoms with Gasteiger partial charge in [0.15, 0.2) is 0 Å². The number of nitrogens with one attached hydrogen (secondary N) is 1. The number of hydrazone groups is 1. The molecule has 0 radical (unpaired) electrons. The van der Waals surface area contributed by atoms with Gasteiger partial charge in [0.1, 0.15) is 18.0 Å². The van der Waals surface area contributed by atoms with Crippen LogP contribution in [0.15, 0.2) is 82.8 Å². The number of sulfonamides is 1. The van der Waals surface area contributed by atoms with E-state index >= 15 is 0 Å². The molecule has 0 heterocycles. The number of nitrogens with zero attached hydrogens (tertiary/aromatic N) is 2. The molecule has 1 N–H and O–H groups in total. The van der Waals surface area contributed by atoms with Crippen molar-refractivity contribution in [2.75, 3.05) is 24.1 Å². The normalized spacial score (nSPS) is 11.3. The molecule has 3 aromatic rings. The second kappa shape index (κ2) is 12.0. The summed E-state index contributed by atoms with van der Waals surface area (Å²) in [6, 6.07) is 20.2. The highest BCUT2D eigenvalue weighted by atomic mass is 32.2. The van der Waals surface area contributed by atoms with Crippen LogP contribution in [0.4, 0.5) is 5.69 Å². The average molecular weight is 496 g/mol.